The highest BCUT2D eigenvalue weighted by atomic mass is 32.2. The van der Waals surface area contributed by atoms with Crippen molar-refractivity contribution < 1.29 is 28.4 Å². The number of carbonyl (C=O) groups excluding carboxylic acids is 3. The molecule has 0 saturated carbocycles. The van der Waals surface area contributed by atoms with Crippen molar-refractivity contribution in [1.82, 2.24) is 10.6 Å². The lowest BCUT2D eigenvalue weighted by atomic mass is 10.0. The molecule has 0 aliphatic carbocycles. The number of rotatable bonds is 24. The molecule has 2 unspecified atom stereocenters. The van der Waals surface area contributed by atoms with Gasteiger partial charge in [0, 0.05) is 37.0 Å². The van der Waals surface area contributed by atoms with E-state index in [2.05, 4.69) is 22.1 Å². The highest BCUT2D eigenvalue weighted by molar-refractivity contribution is 8.14. The summed E-state index contributed by atoms with van der Waals surface area (Å²) in [5.41, 5.74) is 1.01. The molecule has 44 heavy (non-hydrogen) atoms. The largest absolute Gasteiger partial charge is 0.447 e. The summed E-state index contributed by atoms with van der Waals surface area (Å²) in [6.45, 7) is 6.45. The third-order valence-corrected chi connectivity index (χ3v) is 9.48. The van der Waals surface area contributed by atoms with E-state index in [-0.39, 0.29) is 23.2 Å². The van der Waals surface area contributed by atoms with Gasteiger partial charge in [0.1, 0.15) is 31.6 Å². The minimum Gasteiger partial charge on any atom is -0.447 e. The van der Waals surface area contributed by atoms with Crippen molar-refractivity contribution in [3.63, 3.8) is 0 Å². The molecule has 1 aromatic heterocycles. The standard InChI is InChI=1S/C35H59N3O5S/c1-3-38-26-20-18-23-31(38)28-37-34(40)43-29-32-33(24-21-27-42-32)44-35(41)36-25-19-16-14-12-10-8-6-4-5-7-9-11-13-15-17-22-30(2)39/h18,20,23,26,32-33H,3-17,19,21-22,24-25,27-29H2,1-2H3,(H-,36,37,40,41)/p+1. The van der Waals surface area contributed by atoms with Crippen molar-refractivity contribution in [1.29, 1.82) is 0 Å². The first kappa shape index (κ1) is 38.1. The first-order valence-electron chi connectivity index (χ1n) is 17.4. The lowest BCUT2D eigenvalue weighted by Gasteiger charge is -2.30. The van der Waals surface area contributed by atoms with E-state index in [4.69, 9.17) is 9.47 Å². The van der Waals surface area contributed by atoms with Gasteiger partial charge in [-0.1, -0.05) is 101 Å². The molecular formula is C35H60N3O5S+. The van der Waals surface area contributed by atoms with Gasteiger partial charge in [0.05, 0.1) is 0 Å². The zero-order valence-electron chi connectivity index (χ0n) is 27.6. The summed E-state index contributed by atoms with van der Waals surface area (Å²) in [5, 5.41) is 5.83. The summed E-state index contributed by atoms with van der Waals surface area (Å²) in [6.07, 6.45) is 22.7. The molecule has 2 heterocycles. The second-order valence-corrected chi connectivity index (χ2v) is 13.3. The molecule has 0 bridgehead atoms. The molecule has 1 aliphatic heterocycles. The Morgan fingerprint density at radius 3 is 2.11 bits per heavy atom. The topological polar surface area (TPSA) is 97.6 Å². The number of ether oxygens (including phenoxy) is 2. The van der Waals surface area contributed by atoms with Crippen LogP contribution in [0.5, 0.6) is 0 Å². The molecule has 1 fully saturated rings. The molecule has 9 heteroatoms. The van der Waals surface area contributed by atoms with E-state index >= 15 is 0 Å². The predicted molar refractivity (Wildman–Crippen MR) is 179 cm³/mol. The predicted octanol–water partition coefficient (Wildman–Crippen LogP) is 8.04. The van der Waals surface area contributed by atoms with Gasteiger partial charge in [-0.2, -0.15) is 0 Å². The van der Waals surface area contributed by atoms with Crippen molar-refractivity contribution >= 4 is 28.9 Å². The third kappa shape index (κ3) is 18.6. The van der Waals surface area contributed by atoms with E-state index in [9.17, 15) is 14.4 Å². The van der Waals surface area contributed by atoms with Gasteiger partial charge in [0.15, 0.2) is 6.20 Å². The number of pyridine rings is 1. The van der Waals surface area contributed by atoms with Crippen LogP contribution in [0.25, 0.3) is 0 Å². The number of aromatic nitrogens is 1. The zero-order chi connectivity index (χ0) is 31.7. The lowest BCUT2D eigenvalue weighted by Crippen LogP contribution is -2.41. The van der Waals surface area contributed by atoms with E-state index in [1.807, 2.05) is 24.4 Å². The number of hydrogen-bond donors (Lipinski definition) is 2. The van der Waals surface area contributed by atoms with Crippen LogP contribution in [-0.2, 0) is 27.4 Å². The molecule has 1 saturated heterocycles. The fourth-order valence-corrected chi connectivity index (χ4v) is 6.68. The van der Waals surface area contributed by atoms with E-state index in [0.717, 1.165) is 50.8 Å². The normalized spacial score (nSPS) is 16.4. The van der Waals surface area contributed by atoms with Crippen LogP contribution in [0.2, 0.25) is 0 Å². The molecule has 0 spiro atoms. The number of thioether (sulfide) groups is 1. The number of alkyl carbamates (subject to hydrolysis) is 1. The molecule has 0 radical (unpaired) electrons. The zero-order valence-corrected chi connectivity index (χ0v) is 28.4. The number of nitrogens with zero attached hydrogens (tertiary/aromatic N) is 1. The number of hydrogen-bond acceptors (Lipinski definition) is 6. The van der Waals surface area contributed by atoms with Crippen LogP contribution < -0.4 is 15.2 Å². The second-order valence-electron chi connectivity index (χ2n) is 12.1. The highest BCUT2D eigenvalue weighted by Crippen LogP contribution is 2.27. The molecule has 250 valence electrons. The Bertz CT molecular complexity index is 931. The Labute approximate surface area is 271 Å². The molecule has 1 aromatic rings. The first-order valence-corrected chi connectivity index (χ1v) is 18.3. The number of nitrogens with one attached hydrogen (secondary N) is 2. The Morgan fingerprint density at radius 2 is 1.50 bits per heavy atom. The van der Waals surface area contributed by atoms with Crippen LogP contribution in [-0.4, -0.2) is 48.2 Å². The van der Waals surface area contributed by atoms with Crippen LogP contribution in [0.1, 0.15) is 135 Å². The van der Waals surface area contributed by atoms with Crippen LogP contribution >= 0.6 is 11.8 Å². The average molecular weight is 635 g/mol. The molecule has 0 aromatic carbocycles. The average Bonchev–Trinajstić information content (AvgIpc) is 3.02. The van der Waals surface area contributed by atoms with Crippen molar-refractivity contribution in [3.05, 3.63) is 30.1 Å². The van der Waals surface area contributed by atoms with Crippen molar-refractivity contribution in [2.75, 3.05) is 19.8 Å². The van der Waals surface area contributed by atoms with Gasteiger partial charge in [-0.15, -0.1) is 0 Å². The molecule has 2 atom stereocenters. The summed E-state index contributed by atoms with van der Waals surface area (Å²) in [4.78, 5) is 35.8. The minimum absolute atomic E-state index is 0.0171. The van der Waals surface area contributed by atoms with E-state index in [0.29, 0.717) is 25.5 Å². The first-order chi connectivity index (χ1) is 21.5. The van der Waals surface area contributed by atoms with Gasteiger partial charge in [0.2, 0.25) is 5.69 Å². The summed E-state index contributed by atoms with van der Waals surface area (Å²) in [5.74, 6) is 0.320. The van der Waals surface area contributed by atoms with Crippen molar-refractivity contribution in [2.24, 2.45) is 0 Å². The maximum atomic E-state index is 12.6. The van der Waals surface area contributed by atoms with Gasteiger partial charge in [-0.25, -0.2) is 9.36 Å². The van der Waals surface area contributed by atoms with Gasteiger partial charge in [-0.05, 0) is 39.5 Å². The lowest BCUT2D eigenvalue weighted by molar-refractivity contribution is -0.701. The summed E-state index contributed by atoms with van der Waals surface area (Å²) < 4.78 is 13.4. The van der Waals surface area contributed by atoms with Gasteiger partial charge in [-0.3, -0.25) is 4.79 Å². The highest BCUT2D eigenvalue weighted by Gasteiger charge is 2.30. The fourth-order valence-electron chi connectivity index (χ4n) is 5.62. The minimum atomic E-state index is -0.473. The Morgan fingerprint density at radius 1 is 0.886 bits per heavy atom. The number of aryl methyl sites for hydroxylation is 1. The second kappa shape index (κ2) is 25.1. The van der Waals surface area contributed by atoms with Gasteiger partial charge < -0.3 is 24.9 Å². The van der Waals surface area contributed by atoms with E-state index in [1.54, 1.807) is 6.92 Å². The SMILES string of the molecule is CC[n+]1ccccc1CNC(=O)OCC1OCCCC1SC(=O)NCCCCCCCCCCCCCCCCCC(C)=O. The van der Waals surface area contributed by atoms with Crippen LogP contribution in [0.4, 0.5) is 9.59 Å². The van der Waals surface area contributed by atoms with E-state index < -0.39 is 6.09 Å². The number of Topliss-reactive ketones (excluding diaryl/α,β-unsaturated/α-hetero) is 1. The maximum Gasteiger partial charge on any atom is 0.407 e. The fraction of sp³-hybridized carbons (Fsp3) is 0.771. The summed E-state index contributed by atoms with van der Waals surface area (Å²) >= 11 is 1.28. The van der Waals surface area contributed by atoms with Gasteiger partial charge >= 0.3 is 6.09 Å². The quantitative estimate of drug-likeness (QED) is 0.0882. The summed E-state index contributed by atoms with van der Waals surface area (Å²) in [6, 6.07) is 5.90. The number of carbonyl (C=O) groups is 3. The molecule has 2 N–H and O–H groups in total. The van der Waals surface area contributed by atoms with Crippen LogP contribution in [0.3, 0.4) is 0 Å². The Hall–Kier alpha value is -2.13. The van der Waals surface area contributed by atoms with Gasteiger partial charge in [0.25, 0.3) is 5.24 Å². The smallest absolute Gasteiger partial charge is 0.407 e. The van der Waals surface area contributed by atoms with Crippen molar-refractivity contribution in [2.45, 2.75) is 154 Å². The van der Waals surface area contributed by atoms with Crippen LogP contribution in [0, 0.1) is 0 Å². The number of ketones is 1. The monoisotopic (exact) mass is 634 g/mol. The van der Waals surface area contributed by atoms with Crippen molar-refractivity contribution in [3.8, 4) is 0 Å². The molecule has 2 rings (SSSR count). The third-order valence-electron chi connectivity index (χ3n) is 8.28. The van der Waals surface area contributed by atoms with Crippen LogP contribution in [0.15, 0.2) is 24.4 Å². The molecule has 2 amide bonds. The molecule has 1 aliphatic rings. The Balaban J connectivity index is 1.42. The van der Waals surface area contributed by atoms with E-state index in [1.165, 1.54) is 88.8 Å². The summed E-state index contributed by atoms with van der Waals surface area (Å²) in [7, 11) is 0. The Kier molecular flexibility index (Phi) is 21.7. The molecular weight excluding hydrogens is 574 g/mol. The number of amides is 2. The number of unbranched alkanes of at least 4 members (excludes halogenated alkanes) is 14. The molecule has 8 nitrogen and oxygen atoms in total. The maximum absolute atomic E-state index is 12.6.